The van der Waals surface area contributed by atoms with Gasteiger partial charge in [-0.15, -0.1) is 11.3 Å². The van der Waals surface area contributed by atoms with Crippen molar-refractivity contribution >= 4 is 27.5 Å². The second-order valence-corrected chi connectivity index (χ2v) is 11.1. The number of amides is 1. The molecule has 1 N–H and O–H groups in total. The Morgan fingerprint density at radius 2 is 1.55 bits per heavy atom. The van der Waals surface area contributed by atoms with Crippen LogP contribution in [0.3, 0.4) is 0 Å². The van der Waals surface area contributed by atoms with Crippen molar-refractivity contribution in [2.24, 2.45) is 0 Å². The Morgan fingerprint density at radius 1 is 0.833 bits per heavy atom. The van der Waals surface area contributed by atoms with E-state index in [9.17, 15) is 9.59 Å². The van der Waals surface area contributed by atoms with Gasteiger partial charge in [0.1, 0.15) is 11.6 Å². The van der Waals surface area contributed by atoms with Gasteiger partial charge in [-0.25, -0.2) is 4.98 Å². The van der Waals surface area contributed by atoms with Crippen molar-refractivity contribution < 1.29 is 9.53 Å². The predicted octanol–water partition coefficient (Wildman–Crippen LogP) is 6.86. The van der Waals surface area contributed by atoms with Crippen molar-refractivity contribution in [2.75, 3.05) is 0 Å². The monoisotopic (exact) mass is 571 g/mol. The number of para-hydroxylation sites is 1. The number of pyridine rings is 1. The third-order valence-corrected chi connectivity index (χ3v) is 8.16. The molecule has 0 fully saturated rings. The van der Waals surface area contributed by atoms with Gasteiger partial charge in [0.2, 0.25) is 11.3 Å². The summed E-state index contributed by atoms with van der Waals surface area (Å²) in [7, 11) is 0. The van der Waals surface area contributed by atoms with E-state index in [-0.39, 0.29) is 17.8 Å². The summed E-state index contributed by atoms with van der Waals surface area (Å²) in [6.07, 6.45) is 2.02. The van der Waals surface area contributed by atoms with Crippen LogP contribution < -0.4 is 15.5 Å². The van der Waals surface area contributed by atoms with Crippen LogP contribution >= 0.6 is 11.3 Å². The van der Waals surface area contributed by atoms with Crippen LogP contribution in [0.4, 0.5) is 0 Å². The second kappa shape index (κ2) is 12.2. The molecule has 0 aliphatic carbocycles. The number of hydrogen-bond donors (Lipinski definition) is 1. The number of rotatable bonds is 9. The summed E-state index contributed by atoms with van der Waals surface area (Å²) in [4.78, 5) is 29.9. The number of benzene rings is 4. The average molecular weight is 572 g/mol. The fraction of sp³-hybridized carbons (Fsp3) is 0.114. The molecule has 0 aliphatic rings. The number of fused-ring (bicyclic) bond motifs is 1. The lowest BCUT2D eigenvalue weighted by Crippen LogP contribution is -2.24. The molecule has 0 unspecified atom stereocenters. The van der Waals surface area contributed by atoms with Gasteiger partial charge in [-0.05, 0) is 47.9 Å². The topological polar surface area (TPSA) is 73.2 Å². The summed E-state index contributed by atoms with van der Waals surface area (Å²) in [6.45, 7) is 2.65. The van der Waals surface area contributed by atoms with Gasteiger partial charge in [-0.3, -0.25) is 9.59 Å². The van der Waals surface area contributed by atoms with Crippen molar-refractivity contribution in [2.45, 2.75) is 26.5 Å². The Bertz CT molecular complexity index is 1860. The summed E-state index contributed by atoms with van der Waals surface area (Å²) < 4.78 is 9.00. The Balaban J connectivity index is 1.05. The highest BCUT2D eigenvalue weighted by Crippen LogP contribution is 2.30. The third kappa shape index (κ3) is 6.16. The Hall–Kier alpha value is -5.01. The maximum absolute atomic E-state index is 12.7. The Kier molecular flexibility index (Phi) is 7.92. The molecular formula is C35H29N3O3S. The summed E-state index contributed by atoms with van der Waals surface area (Å²) in [5.74, 6) is 0.284. The SMILES string of the molecule is Cc1c(OCc2ccccc2)c(=O)ccn1-c1ccc(CC(=O)NCc2ccc(-c3nc4ccccc4s3)cc2)cc1. The van der Waals surface area contributed by atoms with E-state index in [1.54, 1.807) is 17.5 Å². The molecular weight excluding hydrogens is 542 g/mol. The normalized spacial score (nSPS) is 11.0. The molecule has 0 radical (unpaired) electrons. The highest BCUT2D eigenvalue weighted by molar-refractivity contribution is 7.21. The van der Waals surface area contributed by atoms with Gasteiger partial charge in [0.15, 0.2) is 5.75 Å². The number of ether oxygens (including phenoxy) is 1. The van der Waals surface area contributed by atoms with E-state index in [1.807, 2.05) is 96.4 Å². The first kappa shape index (κ1) is 27.2. The first-order valence-corrected chi connectivity index (χ1v) is 14.5. The third-order valence-electron chi connectivity index (χ3n) is 7.08. The predicted molar refractivity (Wildman–Crippen MR) is 168 cm³/mol. The molecule has 6 aromatic rings. The number of carbonyl (C=O) groups is 1. The number of hydrogen-bond acceptors (Lipinski definition) is 5. The van der Waals surface area contributed by atoms with Gasteiger partial charge < -0.3 is 14.6 Å². The van der Waals surface area contributed by atoms with Crippen molar-refractivity contribution in [3.8, 4) is 22.0 Å². The van der Waals surface area contributed by atoms with Crippen LogP contribution in [-0.2, 0) is 24.4 Å². The highest BCUT2D eigenvalue weighted by Gasteiger charge is 2.12. The fourth-order valence-corrected chi connectivity index (χ4v) is 5.76. The second-order valence-electron chi connectivity index (χ2n) is 10.0. The van der Waals surface area contributed by atoms with Gasteiger partial charge in [-0.2, -0.15) is 0 Å². The van der Waals surface area contributed by atoms with Crippen LogP contribution in [0.25, 0.3) is 26.5 Å². The van der Waals surface area contributed by atoms with Crippen LogP contribution in [0, 0.1) is 6.92 Å². The van der Waals surface area contributed by atoms with Crippen molar-refractivity contribution in [1.29, 1.82) is 0 Å². The lowest BCUT2D eigenvalue weighted by atomic mass is 10.1. The molecule has 2 aromatic heterocycles. The molecule has 0 aliphatic heterocycles. The first-order chi connectivity index (χ1) is 20.5. The molecule has 2 heterocycles. The Labute approximate surface area is 247 Å². The fourth-order valence-electron chi connectivity index (χ4n) is 4.79. The van der Waals surface area contributed by atoms with Gasteiger partial charge in [-0.1, -0.05) is 78.9 Å². The lowest BCUT2D eigenvalue weighted by molar-refractivity contribution is -0.120. The van der Waals surface area contributed by atoms with E-state index in [4.69, 9.17) is 9.72 Å². The molecule has 0 bridgehead atoms. The van der Waals surface area contributed by atoms with E-state index in [0.29, 0.717) is 18.9 Å². The van der Waals surface area contributed by atoms with E-state index in [1.165, 1.54) is 10.8 Å². The van der Waals surface area contributed by atoms with Gasteiger partial charge in [0.25, 0.3) is 0 Å². The minimum Gasteiger partial charge on any atom is -0.483 e. The largest absolute Gasteiger partial charge is 0.483 e. The van der Waals surface area contributed by atoms with Crippen molar-refractivity contribution in [1.82, 2.24) is 14.9 Å². The summed E-state index contributed by atoms with van der Waals surface area (Å²) in [6, 6.07) is 35.3. The van der Waals surface area contributed by atoms with Crippen LogP contribution in [-0.4, -0.2) is 15.5 Å². The first-order valence-electron chi connectivity index (χ1n) is 13.7. The summed E-state index contributed by atoms with van der Waals surface area (Å²) >= 11 is 1.68. The van der Waals surface area contributed by atoms with E-state index >= 15 is 0 Å². The van der Waals surface area contributed by atoms with Crippen LogP contribution in [0.1, 0.15) is 22.4 Å². The number of thiazole rings is 1. The maximum Gasteiger partial charge on any atom is 0.224 e. The number of nitrogens with zero attached hydrogens (tertiary/aromatic N) is 2. The molecule has 0 spiro atoms. The van der Waals surface area contributed by atoms with Crippen LogP contribution in [0.5, 0.6) is 5.75 Å². The smallest absolute Gasteiger partial charge is 0.224 e. The zero-order chi connectivity index (χ0) is 28.9. The zero-order valence-electron chi connectivity index (χ0n) is 23.1. The minimum atomic E-state index is -0.153. The summed E-state index contributed by atoms with van der Waals surface area (Å²) in [5, 5.41) is 4.01. The number of aromatic nitrogens is 2. The van der Waals surface area contributed by atoms with Gasteiger partial charge in [0, 0.05) is 30.1 Å². The van der Waals surface area contributed by atoms with E-state index in [0.717, 1.165) is 44.2 Å². The van der Waals surface area contributed by atoms with Crippen molar-refractivity contribution in [3.63, 3.8) is 0 Å². The minimum absolute atomic E-state index is 0.0471. The van der Waals surface area contributed by atoms with Gasteiger partial charge in [0.05, 0.1) is 22.3 Å². The molecule has 6 rings (SSSR count). The molecule has 42 heavy (non-hydrogen) atoms. The molecule has 1 amide bonds. The average Bonchev–Trinajstić information content (AvgIpc) is 3.46. The molecule has 0 saturated carbocycles. The quantitative estimate of drug-likeness (QED) is 0.206. The summed E-state index contributed by atoms with van der Waals surface area (Å²) in [5.41, 5.74) is 6.46. The van der Waals surface area contributed by atoms with E-state index in [2.05, 4.69) is 23.5 Å². The Morgan fingerprint density at radius 3 is 2.31 bits per heavy atom. The van der Waals surface area contributed by atoms with Crippen LogP contribution in [0.2, 0.25) is 0 Å². The molecule has 0 atom stereocenters. The molecule has 6 nitrogen and oxygen atoms in total. The number of nitrogens with one attached hydrogen (secondary N) is 1. The molecule has 0 saturated heterocycles. The lowest BCUT2D eigenvalue weighted by Gasteiger charge is -2.15. The molecule has 4 aromatic carbocycles. The molecule has 7 heteroatoms. The van der Waals surface area contributed by atoms with Crippen molar-refractivity contribution in [3.05, 3.63) is 148 Å². The maximum atomic E-state index is 12.7. The van der Waals surface area contributed by atoms with Gasteiger partial charge >= 0.3 is 0 Å². The van der Waals surface area contributed by atoms with Crippen LogP contribution in [0.15, 0.2) is 120 Å². The zero-order valence-corrected chi connectivity index (χ0v) is 23.9. The standard InChI is InChI=1S/C35H29N3O3S/c1-24-34(41-23-27-7-3-2-4-8-27)31(39)19-20-38(24)29-17-13-25(14-18-29)21-33(40)36-22-26-11-15-28(16-12-26)35-37-30-9-5-6-10-32(30)42-35/h2-20H,21-23H2,1H3,(H,36,40). The molecule has 208 valence electrons. The highest BCUT2D eigenvalue weighted by atomic mass is 32.1. The number of carbonyl (C=O) groups excluding carboxylic acids is 1. The van der Waals surface area contributed by atoms with E-state index < -0.39 is 0 Å².